The number of fused-ring (bicyclic) bond motifs is 1. The van der Waals surface area contributed by atoms with Crippen LogP contribution in [0, 0.1) is 10.1 Å². The highest BCUT2D eigenvalue weighted by Gasteiger charge is 2.26. The third kappa shape index (κ3) is 3.19. The number of non-ortho nitro benzene ring substituents is 1. The molecular formula is C19H17N3O4. The van der Waals surface area contributed by atoms with E-state index in [1.165, 1.54) is 18.3 Å². The van der Waals surface area contributed by atoms with Gasteiger partial charge < -0.3 is 10.4 Å². The lowest BCUT2D eigenvalue weighted by Crippen LogP contribution is -2.28. The summed E-state index contributed by atoms with van der Waals surface area (Å²) in [5.74, 6) is -0.418. The molecule has 26 heavy (non-hydrogen) atoms. The maximum absolute atomic E-state index is 12.0. The minimum absolute atomic E-state index is 0.128. The van der Waals surface area contributed by atoms with Crippen molar-refractivity contribution in [2.24, 2.45) is 0 Å². The monoisotopic (exact) mass is 351 g/mol. The highest BCUT2D eigenvalue weighted by Crippen LogP contribution is 2.39. The summed E-state index contributed by atoms with van der Waals surface area (Å²) >= 11 is 0. The number of rotatable bonds is 5. The van der Waals surface area contributed by atoms with Crippen LogP contribution in [0.3, 0.4) is 0 Å². The smallest absolute Gasteiger partial charge is 0.279 e. The quantitative estimate of drug-likeness (QED) is 0.541. The van der Waals surface area contributed by atoms with Crippen molar-refractivity contribution in [3.8, 4) is 5.75 Å². The average molecular weight is 351 g/mol. The molecule has 0 bridgehead atoms. The number of nitro benzene ring substituents is 1. The molecule has 0 aliphatic carbocycles. The van der Waals surface area contributed by atoms with Gasteiger partial charge in [0.1, 0.15) is 11.3 Å². The maximum atomic E-state index is 12.0. The van der Waals surface area contributed by atoms with Gasteiger partial charge in [0.2, 0.25) is 5.91 Å². The molecule has 0 saturated carbocycles. The van der Waals surface area contributed by atoms with Crippen LogP contribution in [0.15, 0.2) is 54.7 Å². The molecule has 2 N–H and O–H groups in total. The second kappa shape index (κ2) is 7.18. The number of benzene rings is 2. The zero-order valence-electron chi connectivity index (χ0n) is 14.0. The lowest BCUT2D eigenvalue weighted by molar-refractivity contribution is -0.383. The summed E-state index contributed by atoms with van der Waals surface area (Å²) in [4.78, 5) is 27.1. The predicted octanol–water partition coefficient (Wildman–Crippen LogP) is 3.46. The van der Waals surface area contributed by atoms with Crippen LogP contribution in [-0.2, 0) is 4.79 Å². The van der Waals surface area contributed by atoms with E-state index >= 15 is 0 Å². The number of aromatic hydroxyl groups is 1. The van der Waals surface area contributed by atoms with E-state index in [0.717, 1.165) is 0 Å². The van der Waals surface area contributed by atoms with Gasteiger partial charge in [0, 0.05) is 24.2 Å². The fourth-order valence-corrected chi connectivity index (χ4v) is 2.85. The molecule has 0 aliphatic heterocycles. The first-order chi connectivity index (χ1) is 12.5. The third-order valence-corrected chi connectivity index (χ3v) is 4.14. The van der Waals surface area contributed by atoms with Gasteiger partial charge in [0.05, 0.1) is 16.4 Å². The number of nitrogens with zero attached hydrogens (tertiary/aromatic N) is 2. The van der Waals surface area contributed by atoms with Crippen LogP contribution in [0.5, 0.6) is 5.75 Å². The van der Waals surface area contributed by atoms with E-state index in [2.05, 4.69) is 10.3 Å². The van der Waals surface area contributed by atoms with Gasteiger partial charge in [-0.3, -0.25) is 19.9 Å². The zero-order chi connectivity index (χ0) is 18.7. The molecule has 132 valence electrons. The van der Waals surface area contributed by atoms with E-state index in [1.807, 2.05) is 6.07 Å². The number of hydrogen-bond acceptors (Lipinski definition) is 5. The van der Waals surface area contributed by atoms with Gasteiger partial charge in [-0.1, -0.05) is 37.3 Å². The molecule has 0 fully saturated rings. The molecule has 7 heteroatoms. The lowest BCUT2D eigenvalue weighted by atomic mass is 9.95. The van der Waals surface area contributed by atoms with Crippen molar-refractivity contribution in [3.63, 3.8) is 0 Å². The highest BCUT2D eigenvalue weighted by atomic mass is 16.6. The Hall–Kier alpha value is -3.48. The van der Waals surface area contributed by atoms with Crippen LogP contribution in [0.4, 0.5) is 5.69 Å². The standard InChI is InChI=1S/C19H17N3O4/c1-2-16(23)21-17(12-7-4-3-5-8-12)14-11-15(22(25)26)13-9-6-10-20-18(13)19(14)24/h3-11,17,24H,2H2,1H3,(H,21,23)/t17-/m1/s1. The van der Waals surface area contributed by atoms with Crippen molar-refractivity contribution >= 4 is 22.5 Å². The van der Waals surface area contributed by atoms with E-state index in [0.29, 0.717) is 5.56 Å². The fraction of sp³-hybridized carbons (Fsp3) is 0.158. The fourth-order valence-electron chi connectivity index (χ4n) is 2.85. The summed E-state index contributed by atoms with van der Waals surface area (Å²) in [6.45, 7) is 1.71. The normalized spacial score (nSPS) is 11.9. The Morgan fingerprint density at radius 3 is 2.65 bits per heavy atom. The Kier molecular flexibility index (Phi) is 4.79. The van der Waals surface area contributed by atoms with Crippen molar-refractivity contribution in [1.82, 2.24) is 10.3 Å². The summed E-state index contributed by atoms with van der Waals surface area (Å²) in [6, 6.07) is 12.7. The Morgan fingerprint density at radius 2 is 2.00 bits per heavy atom. The summed E-state index contributed by atoms with van der Waals surface area (Å²) in [5.41, 5.74) is 0.890. The molecule has 1 amide bonds. The molecule has 0 radical (unpaired) electrons. The lowest BCUT2D eigenvalue weighted by Gasteiger charge is -2.21. The number of nitrogens with one attached hydrogen (secondary N) is 1. The van der Waals surface area contributed by atoms with Crippen LogP contribution < -0.4 is 5.32 Å². The molecule has 1 heterocycles. The molecule has 1 atom stereocenters. The van der Waals surface area contributed by atoms with Crippen LogP contribution in [0.1, 0.15) is 30.5 Å². The topological polar surface area (TPSA) is 105 Å². The number of amides is 1. The van der Waals surface area contributed by atoms with Gasteiger partial charge in [0.15, 0.2) is 0 Å². The Labute approximate surface area is 149 Å². The van der Waals surface area contributed by atoms with Crippen LogP contribution in [-0.4, -0.2) is 20.9 Å². The maximum Gasteiger partial charge on any atom is 0.279 e. The zero-order valence-corrected chi connectivity index (χ0v) is 14.0. The van der Waals surface area contributed by atoms with Crippen LogP contribution >= 0.6 is 0 Å². The first-order valence-electron chi connectivity index (χ1n) is 8.12. The van der Waals surface area contributed by atoms with Crippen LogP contribution in [0.2, 0.25) is 0 Å². The van der Waals surface area contributed by atoms with E-state index in [4.69, 9.17) is 0 Å². The number of nitro groups is 1. The van der Waals surface area contributed by atoms with E-state index in [-0.39, 0.29) is 40.2 Å². The van der Waals surface area contributed by atoms with Crippen LogP contribution in [0.25, 0.3) is 10.9 Å². The molecule has 0 aliphatic rings. The summed E-state index contributed by atoms with van der Waals surface area (Å²) in [7, 11) is 0. The number of carbonyl (C=O) groups is 1. The number of carbonyl (C=O) groups excluding carboxylic acids is 1. The second-order valence-corrected chi connectivity index (χ2v) is 5.75. The Balaban J connectivity index is 2.26. The minimum atomic E-state index is -0.728. The van der Waals surface area contributed by atoms with Gasteiger partial charge >= 0.3 is 0 Å². The first-order valence-corrected chi connectivity index (χ1v) is 8.12. The molecule has 3 aromatic rings. The molecular weight excluding hydrogens is 334 g/mol. The molecule has 3 rings (SSSR count). The second-order valence-electron chi connectivity index (χ2n) is 5.75. The van der Waals surface area contributed by atoms with Gasteiger partial charge in [-0.05, 0) is 17.7 Å². The Morgan fingerprint density at radius 1 is 1.27 bits per heavy atom. The molecule has 0 spiro atoms. The molecule has 0 saturated heterocycles. The van der Waals surface area contributed by atoms with E-state index in [1.54, 1.807) is 37.3 Å². The number of aromatic nitrogens is 1. The molecule has 7 nitrogen and oxygen atoms in total. The van der Waals surface area contributed by atoms with Crippen molar-refractivity contribution in [1.29, 1.82) is 0 Å². The minimum Gasteiger partial charge on any atom is -0.505 e. The molecule has 1 aromatic heterocycles. The average Bonchev–Trinajstić information content (AvgIpc) is 2.67. The number of pyridine rings is 1. The van der Waals surface area contributed by atoms with Crippen molar-refractivity contribution in [2.75, 3.05) is 0 Å². The number of phenolic OH excluding ortho intramolecular Hbond substituents is 1. The van der Waals surface area contributed by atoms with Gasteiger partial charge in [0.25, 0.3) is 5.69 Å². The van der Waals surface area contributed by atoms with E-state index < -0.39 is 11.0 Å². The highest BCUT2D eigenvalue weighted by molar-refractivity contribution is 5.93. The molecule has 0 unspecified atom stereocenters. The predicted molar refractivity (Wildman–Crippen MR) is 96.8 cm³/mol. The van der Waals surface area contributed by atoms with Gasteiger partial charge in [-0.2, -0.15) is 0 Å². The summed E-state index contributed by atoms with van der Waals surface area (Å²) in [5, 5.41) is 25.3. The molecule has 2 aromatic carbocycles. The SMILES string of the molecule is CCC(=O)N[C@H](c1ccccc1)c1cc([N+](=O)[O-])c2cccnc2c1O. The number of phenols is 1. The third-order valence-electron chi connectivity index (χ3n) is 4.14. The van der Waals surface area contributed by atoms with Gasteiger partial charge in [-0.25, -0.2) is 0 Å². The van der Waals surface area contributed by atoms with Gasteiger partial charge in [-0.15, -0.1) is 0 Å². The largest absolute Gasteiger partial charge is 0.505 e. The first kappa shape index (κ1) is 17.3. The van der Waals surface area contributed by atoms with Crippen molar-refractivity contribution in [3.05, 3.63) is 76.0 Å². The summed E-state index contributed by atoms with van der Waals surface area (Å²) < 4.78 is 0. The van der Waals surface area contributed by atoms with E-state index in [9.17, 15) is 20.0 Å². The Bertz CT molecular complexity index is 973. The van der Waals surface area contributed by atoms with Crippen molar-refractivity contribution < 1.29 is 14.8 Å². The van der Waals surface area contributed by atoms with Crippen molar-refractivity contribution in [2.45, 2.75) is 19.4 Å². The summed E-state index contributed by atoms with van der Waals surface area (Å²) in [6.07, 6.45) is 1.70. The number of hydrogen-bond donors (Lipinski definition) is 2.